The van der Waals surface area contributed by atoms with Gasteiger partial charge in [-0.25, -0.2) is 0 Å². The maximum atomic E-state index is 2.54. The summed E-state index contributed by atoms with van der Waals surface area (Å²) in [4.78, 5) is 2.38. The van der Waals surface area contributed by atoms with Gasteiger partial charge in [-0.2, -0.15) is 0 Å². The lowest BCUT2D eigenvalue weighted by molar-refractivity contribution is -0.0399. The predicted octanol–water partition coefficient (Wildman–Crippen LogP) is 15.5. The molecule has 4 bridgehead atoms. The van der Waals surface area contributed by atoms with Gasteiger partial charge >= 0.3 is 0 Å². The third-order valence-corrected chi connectivity index (χ3v) is 14.7. The monoisotopic (exact) mass is 757 g/mol. The Morgan fingerprint density at radius 3 is 1.14 bits per heavy atom. The molecule has 0 saturated heterocycles. The summed E-state index contributed by atoms with van der Waals surface area (Å²) in [5, 5.41) is 0. The van der Waals surface area contributed by atoms with E-state index in [9.17, 15) is 0 Å². The first-order valence-electron chi connectivity index (χ1n) is 21.8. The van der Waals surface area contributed by atoms with Crippen molar-refractivity contribution in [1.29, 1.82) is 0 Å². The molecule has 5 aliphatic rings. The normalized spacial score (nSPS) is 22.0. The molecule has 5 aliphatic carbocycles. The van der Waals surface area contributed by atoms with Crippen LogP contribution in [0.3, 0.4) is 0 Å². The molecule has 1 heteroatoms. The van der Waals surface area contributed by atoms with Crippen LogP contribution in [0.4, 0.5) is 17.1 Å². The number of hydrogen-bond acceptors (Lipinski definition) is 1. The number of rotatable bonds is 7. The number of nitrogens with zero attached hydrogens (tertiary/aromatic N) is 1. The van der Waals surface area contributed by atoms with E-state index in [0.29, 0.717) is 0 Å². The zero-order chi connectivity index (χ0) is 38.9. The van der Waals surface area contributed by atoms with Crippen molar-refractivity contribution in [2.75, 3.05) is 4.90 Å². The predicted molar refractivity (Wildman–Crippen MR) is 246 cm³/mol. The number of hydrogen-bond donors (Lipinski definition) is 0. The molecule has 0 aliphatic heterocycles. The molecule has 0 atom stereocenters. The molecule has 4 saturated carbocycles. The molecule has 0 unspecified atom stereocenters. The summed E-state index contributed by atoms with van der Waals surface area (Å²) in [7, 11) is 0. The molecular formula is C58H47N. The van der Waals surface area contributed by atoms with Crippen LogP contribution in [0.5, 0.6) is 0 Å². The molecule has 1 nitrogen and oxygen atoms in total. The molecule has 0 heterocycles. The van der Waals surface area contributed by atoms with Crippen molar-refractivity contribution in [2.24, 2.45) is 23.7 Å². The van der Waals surface area contributed by atoms with E-state index in [4.69, 9.17) is 0 Å². The standard InChI is InChI=1S/C58H47N/c1-3-9-41(10-4-1)43-15-17-44(18-16-43)46-21-28-52(29-22-46)59(51-26-19-45(20-27-51)42-11-5-2-6-12-42)53-30-23-47(24-31-53)48-25-32-57-55(38-48)54-13-7-8-14-56(54)58(57)49-34-39-33-40(36-49)37-50(58)35-39/h1-32,38-40,49-50H,33-37H2. The summed E-state index contributed by atoms with van der Waals surface area (Å²) in [5.41, 5.74) is 19.7. The third-order valence-electron chi connectivity index (χ3n) is 14.7. The minimum absolute atomic E-state index is 0.208. The fourth-order valence-electron chi connectivity index (χ4n) is 12.3. The van der Waals surface area contributed by atoms with Gasteiger partial charge in [0.05, 0.1) is 0 Å². The van der Waals surface area contributed by atoms with Crippen LogP contribution in [0.25, 0.3) is 55.6 Å². The zero-order valence-electron chi connectivity index (χ0n) is 33.3. The van der Waals surface area contributed by atoms with Gasteiger partial charge in [-0.15, -0.1) is 0 Å². The van der Waals surface area contributed by atoms with E-state index < -0.39 is 0 Å². The summed E-state index contributed by atoms with van der Waals surface area (Å²) in [6.45, 7) is 0. The average molecular weight is 758 g/mol. The molecule has 284 valence electrons. The molecule has 1 spiro atoms. The molecule has 0 N–H and O–H groups in total. The quantitative estimate of drug-likeness (QED) is 0.156. The summed E-state index contributed by atoms with van der Waals surface area (Å²) < 4.78 is 0. The first kappa shape index (κ1) is 34.6. The molecule has 8 aromatic carbocycles. The molecule has 0 aromatic heterocycles. The van der Waals surface area contributed by atoms with Crippen LogP contribution in [0.15, 0.2) is 200 Å². The van der Waals surface area contributed by atoms with Gasteiger partial charge in [-0.1, -0.05) is 158 Å². The Balaban J connectivity index is 0.887. The van der Waals surface area contributed by atoms with Gasteiger partial charge in [-0.05, 0) is 165 Å². The van der Waals surface area contributed by atoms with Crippen molar-refractivity contribution < 1.29 is 0 Å². The Labute approximate surface area is 348 Å². The third kappa shape index (κ3) is 5.66. The average Bonchev–Trinajstić information content (AvgIpc) is 3.59. The van der Waals surface area contributed by atoms with Crippen LogP contribution >= 0.6 is 0 Å². The highest BCUT2D eigenvalue weighted by molar-refractivity contribution is 5.87. The van der Waals surface area contributed by atoms with Gasteiger partial charge in [0.15, 0.2) is 0 Å². The minimum atomic E-state index is 0.208. The Morgan fingerprint density at radius 2 is 0.661 bits per heavy atom. The second kappa shape index (κ2) is 13.8. The first-order chi connectivity index (χ1) is 29.2. The van der Waals surface area contributed by atoms with Crippen LogP contribution in [0.2, 0.25) is 0 Å². The zero-order valence-corrected chi connectivity index (χ0v) is 33.3. The Kier molecular flexibility index (Phi) is 8.12. The van der Waals surface area contributed by atoms with Crippen molar-refractivity contribution >= 4 is 17.1 Å². The molecule has 4 fully saturated rings. The second-order valence-corrected chi connectivity index (χ2v) is 17.8. The van der Waals surface area contributed by atoms with E-state index in [-0.39, 0.29) is 5.41 Å². The summed E-state index contributed by atoms with van der Waals surface area (Å²) >= 11 is 0. The first-order valence-corrected chi connectivity index (χ1v) is 21.8. The fourth-order valence-corrected chi connectivity index (χ4v) is 12.3. The Morgan fingerprint density at radius 1 is 0.305 bits per heavy atom. The molecular weight excluding hydrogens is 711 g/mol. The van der Waals surface area contributed by atoms with Crippen molar-refractivity contribution in [1.82, 2.24) is 0 Å². The van der Waals surface area contributed by atoms with Crippen LogP contribution < -0.4 is 4.90 Å². The summed E-state index contributed by atoms with van der Waals surface area (Å²) in [5.74, 6) is 3.48. The van der Waals surface area contributed by atoms with Crippen molar-refractivity contribution in [2.45, 2.75) is 37.5 Å². The van der Waals surface area contributed by atoms with E-state index in [2.05, 4.69) is 205 Å². The van der Waals surface area contributed by atoms with Crippen molar-refractivity contribution in [3.8, 4) is 55.6 Å². The molecule has 0 amide bonds. The highest BCUT2D eigenvalue weighted by Gasteiger charge is 2.61. The molecule has 8 aromatic rings. The number of benzene rings is 8. The van der Waals surface area contributed by atoms with E-state index in [1.165, 1.54) is 87.7 Å². The summed E-state index contributed by atoms with van der Waals surface area (Å²) in [6.07, 6.45) is 7.15. The van der Waals surface area contributed by atoms with Crippen molar-refractivity contribution in [3.63, 3.8) is 0 Å². The fraction of sp³-hybridized carbons (Fsp3) is 0.172. The lowest BCUT2D eigenvalue weighted by Crippen LogP contribution is -2.55. The Hall–Kier alpha value is -6.44. The van der Waals surface area contributed by atoms with Gasteiger partial charge in [0.2, 0.25) is 0 Å². The topological polar surface area (TPSA) is 3.24 Å². The van der Waals surface area contributed by atoms with Gasteiger partial charge < -0.3 is 4.90 Å². The largest absolute Gasteiger partial charge is 0.311 e. The van der Waals surface area contributed by atoms with Gasteiger partial charge in [-0.3, -0.25) is 0 Å². The number of fused-ring (bicyclic) bond motifs is 3. The van der Waals surface area contributed by atoms with Crippen LogP contribution in [0, 0.1) is 23.7 Å². The molecule has 13 rings (SSSR count). The van der Waals surface area contributed by atoms with E-state index in [1.54, 1.807) is 11.1 Å². The van der Waals surface area contributed by atoms with Crippen LogP contribution in [-0.2, 0) is 5.41 Å². The second-order valence-electron chi connectivity index (χ2n) is 17.8. The number of anilines is 3. The maximum Gasteiger partial charge on any atom is 0.0462 e. The Bertz CT molecular complexity index is 2750. The lowest BCUT2D eigenvalue weighted by Gasteiger charge is -2.61. The van der Waals surface area contributed by atoms with Gasteiger partial charge in [0, 0.05) is 22.5 Å². The molecule has 0 radical (unpaired) electrons. The summed E-state index contributed by atoms with van der Waals surface area (Å²) in [6, 6.07) is 74.4. The highest BCUT2D eigenvalue weighted by atomic mass is 15.1. The smallest absolute Gasteiger partial charge is 0.0462 e. The minimum Gasteiger partial charge on any atom is -0.311 e. The SMILES string of the molecule is c1ccc(-c2ccc(-c3ccc(N(c4ccc(-c5ccccc5)cc4)c4ccc(-c5ccc6c(c5)-c5ccccc5C65C6CC7CC(C6)CC5C7)cc4)cc3)cc2)cc1. The maximum absolute atomic E-state index is 2.54. The van der Waals surface area contributed by atoms with Gasteiger partial charge in [0.1, 0.15) is 0 Å². The van der Waals surface area contributed by atoms with Crippen LogP contribution in [-0.4, -0.2) is 0 Å². The van der Waals surface area contributed by atoms with E-state index in [1.807, 2.05) is 0 Å². The van der Waals surface area contributed by atoms with E-state index in [0.717, 1.165) is 40.7 Å². The van der Waals surface area contributed by atoms with Crippen molar-refractivity contribution in [3.05, 3.63) is 211 Å². The highest BCUT2D eigenvalue weighted by Crippen LogP contribution is 2.69. The molecule has 59 heavy (non-hydrogen) atoms. The van der Waals surface area contributed by atoms with E-state index >= 15 is 0 Å². The van der Waals surface area contributed by atoms with Gasteiger partial charge in [0.25, 0.3) is 0 Å². The van der Waals surface area contributed by atoms with Crippen LogP contribution in [0.1, 0.15) is 43.2 Å². The lowest BCUT2D eigenvalue weighted by atomic mass is 9.43.